The second kappa shape index (κ2) is 17.1. The van der Waals surface area contributed by atoms with Crippen molar-refractivity contribution in [2.45, 2.75) is 181 Å². The summed E-state index contributed by atoms with van der Waals surface area (Å²) >= 11 is 0. The number of hydrogen-bond donors (Lipinski definition) is 1. The maximum Gasteiger partial charge on any atom is 0.333 e. The first-order valence-electron chi connectivity index (χ1n) is 19.3. The average molecular weight is 814 g/mol. The van der Waals surface area contributed by atoms with Gasteiger partial charge in [-0.05, 0) is 69.9 Å². The van der Waals surface area contributed by atoms with E-state index in [9.17, 15) is 27.6 Å². The van der Waals surface area contributed by atoms with Crippen LogP contribution in [0.5, 0.6) is 0 Å². The molecule has 13 nitrogen and oxygen atoms in total. The number of rotatable bonds is 18. The second-order valence-electron chi connectivity index (χ2n) is 18.3. The van der Waals surface area contributed by atoms with Crippen LogP contribution in [0.25, 0.3) is 0 Å². The van der Waals surface area contributed by atoms with Crippen molar-refractivity contribution < 1.29 is 35.8 Å². The average Bonchev–Trinajstić information content (AvgIpc) is 3.44. The lowest BCUT2D eigenvalue weighted by molar-refractivity contribution is -0.130. The fraction of sp³-hybridized carbons (Fsp3) is 0.789. The first-order valence-corrected chi connectivity index (χ1v) is 26.6. The Morgan fingerprint density at radius 3 is 1.91 bits per heavy atom. The number of carbonyl (C=O) groups is 2. The summed E-state index contributed by atoms with van der Waals surface area (Å²) in [6.45, 7) is 25.3. The number of nitrogens with two attached hydrogens (primary N) is 1. The van der Waals surface area contributed by atoms with Gasteiger partial charge >= 0.3 is 5.69 Å². The fourth-order valence-corrected chi connectivity index (χ4v) is 10.1. The minimum absolute atomic E-state index is 0.0597. The van der Waals surface area contributed by atoms with Crippen molar-refractivity contribution in [2.24, 2.45) is 11.7 Å². The van der Waals surface area contributed by atoms with E-state index in [2.05, 4.69) is 54.6 Å². The Morgan fingerprint density at radius 2 is 1.43 bits per heavy atom. The number of aryl methyl sites for hydroxylation is 1. The van der Waals surface area contributed by atoms with Crippen LogP contribution in [0.1, 0.15) is 119 Å². The molecule has 0 radical (unpaired) electrons. The van der Waals surface area contributed by atoms with E-state index in [0.717, 1.165) is 43.9 Å². The summed E-state index contributed by atoms with van der Waals surface area (Å²) in [6, 6.07) is 0. The Hall–Kier alpha value is -2.22. The highest BCUT2D eigenvalue weighted by Crippen LogP contribution is 2.52. The van der Waals surface area contributed by atoms with Crippen LogP contribution in [0.2, 0.25) is 36.3 Å². The van der Waals surface area contributed by atoms with Crippen molar-refractivity contribution in [3.05, 3.63) is 43.7 Å². The third-order valence-corrected chi connectivity index (χ3v) is 22.1. The predicted octanol–water partition coefficient (Wildman–Crippen LogP) is 6.44. The molecule has 0 aliphatic carbocycles. The molecule has 0 saturated carbocycles. The Morgan fingerprint density at radius 1 is 0.907 bits per heavy atom. The molecule has 1 aromatic heterocycles. The highest BCUT2D eigenvalue weighted by atomic mass is 32.2. The number of Topliss-reactive ketones (excluding diaryl/α,β-unsaturated/α-hetero) is 2. The van der Waals surface area contributed by atoms with Crippen LogP contribution < -0.4 is 17.0 Å². The van der Waals surface area contributed by atoms with Crippen LogP contribution in [0.3, 0.4) is 0 Å². The Balaban J connectivity index is 1.94. The van der Waals surface area contributed by atoms with E-state index in [1.165, 1.54) is 29.2 Å². The SMILES string of the molecule is CC(=O)C(CCCCCCCCCn1c(=O)c(C)cn([C@@H]2O[C@H](CO[Si](C)(C)C(C)(C)C)C3(OS(=O)(=O)C=C3N)[C@H]2O[Si](C)(C)C(C)(C)C)c1=O)C(C)=O. The van der Waals surface area contributed by atoms with E-state index in [4.69, 9.17) is 23.5 Å². The molecule has 2 N–H and O–H groups in total. The zero-order valence-corrected chi connectivity index (χ0v) is 37.8. The molecule has 1 saturated heterocycles. The zero-order chi connectivity index (χ0) is 41.2. The summed E-state index contributed by atoms with van der Waals surface area (Å²) in [7, 11) is -9.37. The van der Waals surface area contributed by atoms with E-state index < -0.39 is 68.0 Å². The molecule has 0 bridgehead atoms. The van der Waals surface area contributed by atoms with Crippen LogP contribution in [-0.4, -0.2) is 70.2 Å². The quantitative estimate of drug-likeness (QED) is 0.0747. The van der Waals surface area contributed by atoms with Crippen LogP contribution in [0, 0.1) is 12.8 Å². The molecule has 308 valence electrons. The Labute approximate surface area is 324 Å². The first-order chi connectivity index (χ1) is 24.6. The van der Waals surface area contributed by atoms with E-state index >= 15 is 0 Å². The standard InChI is InChI=1S/C38H67N3O10SSi2/c1-26-23-41(35(45)40(33(26)44)22-20-18-16-14-15-17-19-21-29(27(2)42)28(3)43)34-32(50-54(12,13)37(7,8)9)38(30(39)25-52(46,47)51-38)31(49-34)24-48-53(10,11)36(4,5)6/h23,25,29,31-32,34H,14-22,24,39H2,1-13H3/t31-,32+,34-,38?/m1/s1. The molecular formula is C38H67N3O10SSi2. The van der Waals surface area contributed by atoms with Gasteiger partial charge in [0.2, 0.25) is 0 Å². The number of ketones is 2. The number of unbranched alkanes of at least 4 members (excludes halogenated alkanes) is 6. The van der Waals surface area contributed by atoms with Gasteiger partial charge in [-0.25, -0.2) is 8.98 Å². The maximum absolute atomic E-state index is 14.3. The molecule has 0 aromatic carbocycles. The van der Waals surface area contributed by atoms with Crippen molar-refractivity contribution in [1.29, 1.82) is 0 Å². The molecule has 1 fully saturated rings. The molecule has 54 heavy (non-hydrogen) atoms. The normalized spacial score (nSPS) is 23.4. The van der Waals surface area contributed by atoms with Gasteiger partial charge in [-0.2, -0.15) is 8.42 Å². The third-order valence-electron chi connectivity index (χ3n) is 12.1. The highest BCUT2D eigenvalue weighted by molar-refractivity contribution is 7.90. The van der Waals surface area contributed by atoms with E-state index in [1.54, 1.807) is 6.92 Å². The van der Waals surface area contributed by atoms with Gasteiger partial charge in [0.1, 0.15) is 23.8 Å². The van der Waals surface area contributed by atoms with E-state index in [-0.39, 0.29) is 40.5 Å². The van der Waals surface area contributed by atoms with Gasteiger partial charge in [0, 0.05) is 18.3 Å². The number of nitrogens with zero attached hydrogens (tertiary/aromatic N) is 2. The number of hydrogen-bond acceptors (Lipinski definition) is 11. The summed E-state index contributed by atoms with van der Waals surface area (Å²) in [5, 5.41) is 0.401. The van der Waals surface area contributed by atoms with Crippen LogP contribution in [0.4, 0.5) is 0 Å². The Bertz CT molecular complexity index is 1780. The number of aromatic nitrogens is 2. The molecule has 3 rings (SSSR count). The highest BCUT2D eigenvalue weighted by Gasteiger charge is 2.67. The molecule has 1 aromatic rings. The van der Waals surface area contributed by atoms with Gasteiger partial charge in [-0.3, -0.25) is 23.5 Å². The van der Waals surface area contributed by atoms with E-state index in [1.807, 2.05) is 13.1 Å². The summed E-state index contributed by atoms with van der Waals surface area (Å²) in [6.07, 6.45) is 4.54. The monoisotopic (exact) mass is 813 g/mol. The molecule has 0 amide bonds. The number of ether oxygens (including phenoxy) is 1. The lowest BCUT2D eigenvalue weighted by atomic mass is 9.89. The van der Waals surface area contributed by atoms with Crippen LogP contribution in [-0.2, 0) is 44.0 Å². The summed E-state index contributed by atoms with van der Waals surface area (Å²) in [5.41, 5.74) is 4.01. The zero-order valence-electron chi connectivity index (χ0n) is 35.0. The topological polar surface area (TPSA) is 175 Å². The predicted molar refractivity (Wildman–Crippen MR) is 216 cm³/mol. The van der Waals surface area contributed by atoms with Crippen LogP contribution in [0.15, 0.2) is 26.9 Å². The number of carbonyl (C=O) groups excluding carboxylic acids is 2. The molecule has 2 aliphatic rings. The molecular weight excluding hydrogens is 747 g/mol. The van der Waals surface area contributed by atoms with Gasteiger partial charge in [0.25, 0.3) is 15.7 Å². The molecule has 2 aliphatic heterocycles. The lowest BCUT2D eigenvalue weighted by Crippen LogP contribution is -2.59. The van der Waals surface area contributed by atoms with Gasteiger partial charge in [0.15, 0.2) is 28.5 Å². The second-order valence-corrected chi connectivity index (χ2v) is 29.3. The molecule has 4 atom stereocenters. The maximum atomic E-state index is 14.3. The third kappa shape index (κ3) is 10.2. The smallest absolute Gasteiger partial charge is 0.333 e. The van der Waals surface area contributed by atoms with Gasteiger partial charge in [-0.1, -0.05) is 80.1 Å². The van der Waals surface area contributed by atoms with Gasteiger partial charge < -0.3 is 19.3 Å². The summed E-state index contributed by atoms with van der Waals surface area (Å²) in [5.74, 6) is -0.673. The molecule has 3 heterocycles. The van der Waals surface area contributed by atoms with Crippen molar-refractivity contribution in [2.75, 3.05) is 6.61 Å². The first kappa shape index (κ1) is 46.2. The van der Waals surface area contributed by atoms with Crippen LogP contribution >= 0.6 is 0 Å². The van der Waals surface area contributed by atoms with Crippen molar-refractivity contribution in [3.63, 3.8) is 0 Å². The fourth-order valence-electron chi connectivity index (χ4n) is 6.55. The van der Waals surface area contributed by atoms with Crippen molar-refractivity contribution >= 4 is 38.3 Å². The summed E-state index contributed by atoms with van der Waals surface area (Å²) < 4.78 is 55.0. The molecule has 16 heteroatoms. The molecule has 1 unspecified atom stereocenters. The van der Waals surface area contributed by atoms with Gasteiger partial charge in [0.05, 0.1) is 23.6 Å². The largest absolute Gasteiger partial charge is 0.414 e. The van der Waals surface area contributed by atoms with Gasteiger partial charge in [-0.15, -0.1) is 0 Å². The Kier molecular flexibility index (Phi) is 14.6. The lowest BCUT2D eigenvalue weighted by Gasteiger charge is -2.43. The van der Waals surface area contributed by atoms with Crippen molar-refractivity contribution in [3.8, 4) is 0 Å². The minimum Gasteiger partial charge on any atom is -0.414 e. The van der Waals surface area contributed by atoms with Crippen molar-refractivity contribution in [1.82, 2.24) is 9.13 Å². The van der Waals surface area contributed by atoms with E-state index in [0.29, 0.717) is 18.4 Å². The molecule has 1 spiro atoms. The minimum atomic E-state index is -4.25. The summed E-state index contributed by atoms with van der Waals surface area (Å²) in [4.78, 5) is 51.1.